The van der Waals surface area contributed by atoms with Crippen LogP contribution in [0.2, 0.25) is 0 Å². The summed E-state index contributed by atoms with van der Waals surface area (Å²) in [6, 6.07) is 11.0. The molecule has 0 unspecified atom stereocenters. The highest BCUT2D eigenvalue weighted by Gasteiger charge is 2.20. The van der Waals surface area contributed by atoms with Gasteiger partial charge >= 0.3 is 6.61 Å². The molecule has 0 radical (unpaired) electrons. The summed E-state index contributed by atoms with van der Waals surface area (Å²) in [6.07, 6.45) is 0. The summed E-state index contributed by atoms with van der Waals surface area (Å²) in [5, 5.41) is 2.76. The summed E-state index contributed by atoms with van der Waals surface area (Å²) in [4.78, 5) is 14.3. The summed E-state index contributed by atoms with van der Waals surface area (Å²) >= 11 is 0. The highest BCUT2D eigenvalue weighted by Crippen LogP contribution is 2.32. The average molecular weight is 378 g/mol. The largest absolute Gasteiger partial charge is 0.454 e. The lowest BCUT2D eigenvalue weighted by Crippen LogP contribution is -2.39. The van der Waals surface area contributed by atoms with E-state index in [2.05, 4.69) is 10.1 Å². The third-order valence-electron chi connectivity index (χ3n) is 4.26. The van der Waals surface area contributed by atoms with Gasteiger partial charge in [-0.25, -0.2) is 0 Å². The van der Waals surface area contributed by atoms with Crippen molar-refractivity contribution in [1.29, 1.82) is 0 Å². The first-order valence-corrected chi connectivity index (χ1v) is 8.37. The van der Waals surface area contributed by atoms with E-state index in [1.807, 2.05) is 30.1 Å². The molecule has 0 saturated heterocycles. The number of hydrogen-bond acceptors (Lipinski definition) is 5. The monoisotopic (exact) mass is 378 g/mol. The molecule has 1 N–H and O–H groups in total. The molecular weight excluding hydrogens is 358 g/mol. The van der Waals surface area contributed by atoms with Crippen LogP contribution in [0.1, 0.15) is 12.5 Å². The molecule has 2 aromatic carbocycles. The Bertz CT molecular complexity index is 799. The minimum absolute atomic E-state index is 0.0379. The lowest BCUT2D eigenvalue weighted by Gasteiger charge is -2.24. The van der Waals surface area contributed by atoms with Crippen LogP contribution in [0.4, 0.5) is 14.5 Å². The Labute approximate surface area is 155 Å². The van der Waals surface area contributed by atoms with Crippen LogP contribution in [0, 0.1) is 0 Å². The first-order chi connectivity index (χ1) is 12.9. The van der Waals surface area contributed by atoms with Gasteiger partial charge in [-0.15, -0.1) is 0 Å². The second kappa shape index (κ2) is 8.22. The van der Waals surface area contributed by atoms with Gasteiger partial charge in [-0.3, -0.25) is 9.69 Å². The van der Waals surface area contributed by atoms with E-state index in [-0.39, 0.29) is 18.4 Å². The van der Waals surface area contributed by atoms with E-state index in [9.17, 15) is 13.6 Å². The molecule has 27 heavy (non-hydrogen) atoms. The van der Waals surface area contributed by atoms with E-state index in [0.29, 0.717) is 23.7 Å². The third-order valence-corrected chi connectivity index (χ3v) is 4.26. The Morgan fingerprint density at radius 2 is 1.89 bits per heavy atom. The van der Waals surface area contributed by atoms with Crippen molar-refractivity contribution in [2.75, 3.05) is 19.2 Å². The molecule has 0 fully saturated rings. The molecule has 1 aliphatic heterocycles. The van der Waals surface area contributed by atoms with E-state index in [1.54, 1.807) is 6.92 Å². The molecule has 0 saturated carbocycles. The molecule has 6 nitrogen and oxygen atoms in total. The molecule has 2 aromatic rings. The summed E-state index contributed by atoms with van der Waals surface area (Å²) in [5.74, 6) is 1.24. The first kappa shape index (κ1) is 18.9. The number of ether oxygens (including phenoxy) is 3. The topological polar surface area (TPSA) is 60.0 Å². The van der Waals surface area contributed by atoms with E-state index in [0.717, 1.165) is 5.56 Å². The molecule has 1 heterocycles. The zero-order chi connectivity index (χ0) is 19.4. The Morgan fingerprint density at radius 1 is 1.19 bits per heavy atom. The minimum atomic E-state index is -2.88. The van der Waals surface area contributed by atoms with Crippen LogP contribution in [0.15, 0.2) is 42.5 Å². The lowest BCUT2D eigenvalue weighted by atomic mass is 10.1. The molecule has 1 aliphatic rings. The van der Waals surface area contributed by atoms with Gasteiger partial charge in [-0.1, -0.05) is 6.07 Å². The Balaban J connectivity index is 1.56. The van der Waals surface area contributed by atoms with Crippen LogP contribution in [0.25, 0.3) is 0 Å². The van der Waals surface area contributed by atoms with Crippen molar-refractivity contribution in [3.63, 3.8) is 0 Å². The summed E-state index contributed by atoms with van der Waals surface area (Å²) in [6.45, 7) is -0.326. The smallest absolute Gasteiger partial charge is 0.387 e. The number of halogens is 2. The zero-order valence-electron chi connectivity index (χ0n) is 14.9. The predicted molar refractivity (Wildman–Crippen MR) is 95.2 cm³/mol. The number of rotatable bonds is 7. The van der Waals surface area contributed by atoms with Crippen LogP contribution in [-0.2, 0) is 11.3 Å². The summed E-state index contributed by atoms with van der Waals surface area (Å²) < 4.78 is 39.3. The van der Waals surface area contributed by atoms with Crippen LogP contribution in [-0.4, -0.2) is 37.3 Å². The number of anilines is 1. The number of carbonyl (C=O) groups excluding carboxylic acids is 1. The van der Waals surface area contributed by atoms with Gasteiger partial charge in [0.1, 0.15) is 5.75 Å². The Hall–Kier alpha value is -2.87. The fourth-order valence-electron chi connectivity index (χ4n) is 2.63. The molecule has 0 bridgehead atoms. The van der Waals surface area contributed by atoms with Crippen molar-refractivity contribution < 1.29 is 27.8 Å². The quantitative estimate of drug-likeness (QED) is 0.799. The predicted octanol–water partition coefficient (Wildman–Crippen LogP) is 3.48. The van der Waals surface area contributed by atoms with Gasteiger partial charge in [0, 0.05) is 12.2 Å². The van der Waals surface area contributed by atoms with E-state index in [4.69, 9.17) is 9.47 Å². The van der Waals surface area contributed by atoms with E-state index in [1.165, 1.54) is 24.3 Å². The third kappa shape index (κ3) is 4.85. The molecule has 0 spiro atoms. The van der Waals surface area contributed by atoms with Gasteiger partial charge in [-0.05, 0) is 55.9 Å². The van der Waals surface area contributed by atoms with Crippen LogP contribution < -0.4 is 19.5 Å². The Morgan fingerprint density at radius 3 is 2.59 bits per heavy atom. The number of alkyl halides is 2. The first-order valence-electron chi connectivity index (χ1n) is 8.37. The number of nitrogens with zero attached hydrogens (tertiary/aromatic N) is 1. The van der Waals surface area contributed by atoms with E-state index >= 15 is 0 Å². The number of nitrogens with one attached hydrogen (secondary N) is 1. The molecule has 0 aliphatic carbocycles. The van der Waals surface area contributed by atoms with Crippen LogP contribution in [0.3, 0.4) is 0 Å². The SMILES string of the molecule is C[C@H](C(=O)Nc1ccc(OC(F)F)cc1)N(C)Cc1ccc2c(c1)OCO2. The van der Waals surface area contributed by atoms with Crippen LogP contribution >= 0.6 is 0 Å². The molecule has 0 aromatic heterocycles. The normalized spacial score (nSPS) is 13.7. The highest BCUT2D eigenvalue weighted by molar-refractivity contribution is 5.94. The van der Waals surface area contributed by atoms with Crippen molar-refractivity contribution in [2.45, 2.75) is 26.1 Å². The highest BCUT2D eigenvalue weighted by atomic mass is 19.3. The zero-order valence-corrected chi connectivity index (χ0v) is 14.9. The Kier molecular flexibility index (Phi) is 5.75. The van der Waals surface area contributed by atoms with Gasteiger partial charge in [0.2, 0.25) is 12.7 Å². The van der Waals surface area contributed by atoms with Crippen molar-refractivity contribution in [3.05, 3.63) is 48.0 Å². The average Bonchev–Trinajstić information content (AvgIpc) is 3.10. The van der Waals surface area contributed by atoms with Gasteiger partial charge in [-0.2, -0.15) is 8.78 Å². The maximum Gasteiger partial charge on any atom is 0.387 e. The van der Waals surface area contributed by atoms with E-state index < -0.39 is 12.7 Å². The second-order valence-electron chi connectivity index (χ2n) is 6.17. The second-order valence-corrected chi connectivity index (χ2v) is 6.17. The minimum Gasteiger partial charge on any atom is -0.454 e. The van der Waals surface area contributed by atoms with Crippen LogP contribution in [0.5, 0.6) is 17.2 Å². The number of fused-ring (bicyclic) bond motifs is 1. The van der Waals surface area contributed by atoms with Gasteiger partial charge in [0.05, 0.1) is 6.04 Å². The lowest BCUT2D eigenvalue weighted by molar-refractivity contribution is -0.120. The maximum absolute atomic E-state index is 12.4. The van der Waals surface area contributed by atoms with Gasteiger partial charge in [0.15, 0.2) is 11.5 Å². The standard InChI is InChI=1S/C19H20F2N2O4/c1-12(18(24)22-14-4-6-15(7-5-14)27-19(20)21)23(2)10-13-3-8-16-17(9-13)26-11-25-16/h3-9,12,19H,10-11H2,1-2H3,(H,22,24)/t12-/m1/s1. The van der Waals surface area contributed by atoms with Crippen molar-refractivity contribution in [2.24, 2.45) is 0 Å². The molecule has 144 valence electrons. The number of amides is 1. The number of likely N-dealkylation sites (N-methyl/N-ethyl adjacent to an activating group) is 1. The summed E-state index contributed by atoms with van der Waals surface area (Å²) in [5.41, 5.74) is 1.50. The number of carbonyl (C=O) groups is 1. The van der Waals surface area contributed by atoms with Gasteiger partial charge in [0.25, 0.3) is 0 Å². The summed E-state index contributed by atoms with van der Waals surface area (Å²) in [7, 11) is 1.84. The van der Waals surface area contributed by atoms with Crippen molar-refractivity contribution in [1.82, 2.24) is 4.90 Å². The molecule has 3 rings (SSSR count). The van der Waals surface area contributed by atoms with Gasteiger partial charge < -0.3 is 19.5 Å². The maximum atomic E-state index is 12.4. The molecular formula is C19H20F2N2O4. The molecule has 8 heteroatoms. The molecule has 1 atom stereocenters. The molecule has 1 amide bonds. The van der Waals surface area contributed by atoms with Crippen molar-refractivity contribution in [3.8, 4) is 17.2 Å². The fraction of sp³-hybridized carbons (Fsp3) is 0.316. The number of hydrogen-bond donors (Lipinski definition) is 1. The van der Waals surface area contributed by atoms with Crippen molar-refractivity contribution >= 4 is 11.6 Å². The fourth-order valence-corrected chi connectivity index (χ4v) is 2.63. The number of benzene rings is 2.